The molecule has 1 aliphatic carbocycles. The molecule has 2 aromatic rings. The number of halogens is 2. The highest BCUT2D eigenvalue weighted by atomic mass is 19.1. The first-order valence-electron chi connectivity index (χ1n) is 13.2. The van der Waals surface area contributed by atoms with Crippen LogP contribution in [-0.4, -0.2) is 51.9 Å². The summed E-state index contributed by atoms with van der Waals surface area (Å²) < 4.78 is 28.8. The summed E-state index contributed by atoms with van der Waals surface area (Å²) in [6.07, 6.45) is 11.2. The Bertz CT molecular complexity index is 1020. The number of nitrogens with one attached hydrogen (secondary N) is 2. The average molecular weight is 502 g/mol. The number of hydrogen-bond donors (Lipinski definition) is 2. The van der Waals surface area contributed by atoms with E-state index >= 15 is 0 Å². The number of likely N-dealkylation sites (tertiary alicyclic amines) is 1. The standard InChI is InChI=1S/C27H37F2N5O2/c1-2-5-24(31-26(35)14-19-12-22(28)15-23(29)13-19)27(36)32-25-17-34(18-30-25)11-10-33-9-8-20-6-3-4-7-21(20)16-33/h12-13,15,17-18,20-21,24H,2-11,14,16H2,1H3,(H,31,35)(H,32,36)/t20-,21+,24?/m0/s1. The molecular formula is C27H37F2N5O2. The van der Waals surface area contributed by atoms with Crippen LogP contribution >= 0.6 is 0 Å². The summed E-state index contributed by atoms with van der Waals surface area (Å²) in [4.78, 5) is 32.1. The molecule has 3 atom stereocenters. The Kier molecular flexibility index (Phi) is 9.07. The van der Waals surface area contributed by atoms with Gasteiger partial charge in [0.15, 0.2) is 5.82 Å². The number of carbonyl (C=O) groups is 2. The lowest BCUT2D eigenvalue weighted by Crippen LogP contribution is -2.44. The number of rotatable bonds is 10. The summed E-state index contributed by atoms with van der Waals surface area (Å²) in [5, 5.41) is 5.48. The predicted molar refractivity (Wildman–Crippen MR) is 134 cm³/mol. The Hall–Kier alpha value is -2.81. The molecule has 2 amide bonds. The Labute approximate surface area is 211 Å². The third-order valence-corrected chi connectivity index (χ3v) is 7.45. The van der Waals surface area contributed by atoms with Gasteiger partial charge in [-0.2, -0.15) is 0 Å². The first kappa shape index (κ1) is 26.3. The van der Waals surface area contributed by atoms with Crippen LogP contribution in [0.25, 0.3) is 0 Å². The quantitative estimate of drug-likeness (QED) is 0.513. The summed E-state index contributed by atoms with van der Waals surface area (Å²) >= 11 is 0. The van der Waals surface area contributed by atoms with Gasteiger partial charge in [-0.05, 0) is 55.3 Å². The highest BCUT2D eigenvalue weighted by molar-refractivity contribution is 5.96. The highest BCUT2D eigenvalue weighted by Crippen LogP contribution is 2.35. The number of piperidine rings is 1. The molecule has 0 spiro atoms. The number of nitrogens with zero attached hydrogens (tertiary/aromatic N) is 3. The molecule has 36 heavy (non-hydrogen) atoms. The van der Waals surface area contributed by atoms with Gasteiger partial charge in [-0.3, -0.25) is 9.59 Å². The zero-order chi connectivity index (χ0) is 25.5. The van der Waals surface area contributed by atoms with E-state index in [0.717, 1.165) is 49.7 Å². The van der Waals surface area contributed by atoms with Crippen molar-refractivity contribution in [2.45, 2.75) is 70.9 Å². The number of benzene rings is 1. The molecule has 1 aromatic carbocycles. The number of anilines is 1. The van der Waals surface area contributed by atoms with Crippen LogP contribution < -0.4 is 10.6 Å². The van der Waals surface area contributed by atoms with Crippen LogP contribution in [0.15, 0.2) is 30.7 Å². The molecule has 196 valence electrons. The van der Waals surface area contributed by atoms with E-state index in [4.69, 9.17) is 0 Å². The number of imidazole rings is 1. The number of amides is 2. The zero-order valence-electron chi connectivity index (χ0n) is 21.0. The van der Waals surface area contributed by atoms with Crippen molar-refractivity contribution in [1.29, 1.82) is 0 Å². The summed E-state index contributed by atoms with van der Waals surface area (Å²) in [7, 11) is 0. The van der Waals surface area contributed by atoms with E-state index in [2.05, 4.69) is 20.5 Å². The van der Waals surface area contributed by atoms with Gasteiger partial charge in [0.1, 0.15) is 17.7 Å². The maximum Gasteiger partial charge on any atom is 0.248 e. The molecule has 1 saturated heterocycles. The number of fused-ring (bicyclic) bond motifs is 1. The van der Waals surface area contributed by atoms with Crippen molar-refractivity contribution in [1.82, 2.24) is 19.8 Å². The van der Waals surface area contributed by atoms with Crippen molar-refractivity contribution in [3.8, 4) is 0 Å². The van der Waals surface area contributed by atoms with Gasteiger partial charge in [-0.1, -0.05) is 32.6 Å². The van der Waals surface area contributed by atoms with Gasteiger partial charge < -0.3 is 20.1 Å². The summed E-state index contributed by atoms with van der Waals surface area (Å²) in [6, 6.07) is 2.22. The Morgan fingerprint density at radius 1 is 1.08 bits per heavy atom. The fraction of sp³-hybridized carbons (Fsp3) is 0.593. The van der Waals surface area contributed by atoms with Gasteiger partial charge >= 0.3 is 0 Å². The maximum atomic E-state index is 13.4. The van der Waals surface area contributed by atoms with Crippen molar-refractivity contribution in [3.05, 3.63) is 47.9 Å². The van der Waals surface area contributed by atoms with Crippen molar-refractivity contribution in [2.24, 2.45) is 11.8 Å². The van der Waals surface area contributed by atoms with Crippen molar-refractivity contribution in [2.75, 3.05) is 25.0 Å². The fourth-order valence-electron chi connectivity index (χ4n) is 5.60. The molecule has 0 radical (unpaired) electrons. The molecule has 7 nitrogen and oxygen atoms in total. The second kappa shape index (κ2) is 12.4. The van der Waals surface area contributed by atoms with E-state index in [1.807, 2.05) is 17.7 Å². The maximum absolute atomic E-state index is 13.4. The Morgan fingerprint density at radius 2 is 1.83 bits per heavy atom. The Balaban J connectivity index is 1.25. The number of aromatic nitrogens is 2. The van der Waals surface area contributed by atoms with Gasteiger partial charge in [0.2, 0.25) is 11.8 Å². The summed E-state index contributed by atoms with van der Waals surface area (Å²) in [6.45, 7) is 6.02. The van der Waals surface area contributed by atoms with Gasteiger partial charge in [0.05, 0.1) is 12.7 Å². The second-order valence-electron chi connectivity index (χ2n) is 10.2. The van der Waals surface area contributed by atoms with Crippen LogP contribution in [0.2, 0.25) is 0 Å². The summed E-state index contributed by atoms with van der Waals surface area (Å²) in [5.41, 5.74) is 0.215. The van der Waals surface area contributed by atoms with Crippen molar-refractivity contribution in [3.63, 3.8) is 0 Å². The van der Waals surface area contributed by atoms with Crippen LogP contribution in [0, 0.1) is 23.5 Å². The monoisotopic (exact) mass is 501 g/mol. The zero-order valence-corrected chi connectivity index (χ0v) is 21.0. The predicted octanol–water partition coefficient (Wildman–Crippen LogP) is 4.14. The summed E-state index contributed by atoms with van der Waals surface area (Å²) in [5.74, 6) is -0.119. The van der Waals surface area contributed by atoms with Crippen LogP contribution in [0.1, 0.15) is 57.4 Å². The number of hydrogen-bond acceptors (Lipinski definition) is 4. The Morgan fingerprint density at radius 3 is 2.58 bits per heavy atom. The largest absolute Gasteiger partial charge is 0.344 e. The minimum Gasteiger partial charge on any atom is -0.344 e. The molecule has 1 aromatic heterocycles. The third-order valence-electron chi connectivity index (χ3n) is 7.45. The first-order valence-corrected chi connectivity index (χ1v) is 13.2. The lowest BCUT2D eigenvalue weighted by Gasteiger charge is -2.41. The normalized spacial score (nSPS) is 21.0. The molecule has 1 saturated carbocycles. The molecular weight excluding hydrogens is 464 g/mol. The molecule has 4 rings (SSSR count). The fourth-order valence-corrected chi connectivity index (χ4v) is 5.60. The minimum atomic E-state index is -0.761. The van der Waals surface area contributed by atoms with E-state index in [0.29, 0.717) is 18.7 Å². The molecule has 2 N–H and O–H groups in total. The topological polar surface area (TPSA) is 79.3 Å². The van der Waals surface area contributed by atoms with Crippen LogP contribution in [0.4, 0.5) is 14.6 Å². The van der Waals surface area contributed by atoms with Crippen molar-refractivity contribution < 1.29 is 18.4 Å². The van der Waals surface area contributed by atoms with E-state index in [-0.39, 0.29) is 17.9 Å². The molecule has 2 aliphatic rings. The molecule has 9 heteroatoms. The van der Waals surface area contributed by atoms with E-state index in [1.54, 1.807) is 6.33 Å². The average Bonchev–Trinajstić information content (AvgIpc) is 3.28. The van der Waals surface area contributed by atoms with Gasteiger partial charge in [-0.15, -0.1) is 0 Å². The molecule has 2 heterocycles. The smallest absolute Gasteiger partial charge is 0.248 e. The molecule has 1 unspecified atom stereocenters. The highest BCUT2D eigenvalue weighted by Gasteiger charge is 2.30. The van der Waals surface area contributed by atoms with E-state index in [1.165, 1.54) is 38.6 Å². The molecule has 0 bridgehead atoms. The third kappa shape index (κ3) is 7.35. The van der Waals surface area contributed by atoms with E-state index in [9.17, 15) is 18.4 Å². The van der Waals surface area contributed by atoms with Gasteiger partial charge in [0, 0.05) is 31.9 Å². The number of carbonyl (C=O) groups excluding carboxylic acids is 2. The van der Waals surface area contributed by atoms with Crippen molar-refractivity contribution >= 4 is 17.6 Å². The lowest BCUT2D eigenvalue weighted by atomic mass is 9.75. The van der Waals surface area contributed by atoms with E-state index < -0.39 is 23.6 Å². The van der Waals surface area contributed by atoms with Gasteiger partial charge in [-0.25, -0.2) is 13.8 Å². The van der Waals surface area contributed by atoms with Crippen LogP contribution in [0.3, 0.4) is 0 Å². The lowest BCUT2D eigenvalue weighted by molar-refractivity contribution is -0.126. The second-order valence-corrected chi connectivity index (χ2v) is 10.2. The minimum absolute atomic E-state index is 0.213. The first-order chi connectivity index (χ1) is 17.4. The van der Waals surface area contributed by atoms with Gasteiger partial charge in [0.25, 0.3) is 0 Å². The molecule has 2 fully saturated rings. The van der Waals surface area contributed by atoms with Crippen LogP contribution in [0.5, 0.6) is 0 Å². The molecule has 1 aliphatic heterocycles. The van der Waals surface area contributed by atoms with Crippen LogP contribution in [-0.2, 0) is 22.6 Å². The SMILES string of the molecule is CCCC(NC(=O)Cc1cc(F)cc(F)c1)C(=O)Nc1cn(CCN2CC[C@@H]3CCCC[C@@H]3C2)cn1.